The van der Waals surface area contributed by atoms with E-state index >= 15 is 0 Å². The molecule has 0 N–H and O–H groups in total. The van der Waals surface area contributed by atoms with E-state index in [9.17, 15) is 14.4 Å². The molecule has 1 unspecified atom stereocenters. The summed E-state index contributed by atoms with van der Waals surface area (Å²) >= 11 is 1.46. The average molecular weight is 374 g/mol. The molecule has 0 saturated carbocycles. The smallest absolute Gasteiger partial charge is 0.346 e. The highest BCUT2D eigenvalue weighted by Gasteiger charge is 2.25. The number of carbonyl (C=O) groups is 2. The van der Waals surface area contributed by atoms with Crippen molar-refractivity contribution in [1.82, 2.24) is 9.55 Å². The van der Waals surface area contributed by atoms with Gasteiger partial charge in [-0.25, -0.2) is 9.78 Å². The van der Waals surface area contributed by atoms with Gasteiger partial charge in [0.15, 0.2) is 11.3 Å². The van der Waals surface area contributed by atoms with E-state index in [4.69, 9.17) is 9.47 Å². The third-order valence-electron chi connectivity index (χ3n) is 3.88. The second-order valence-electron chi connectivity index (χ2n) is 5.63. The fourth-order valence-electron chi connectivity index (χ4n) is 2.55. The van der Waals surface area contributed by atoms with Crippen molar-refractivity contribution in [2.75, 3.05) is 12.4 Å². The van der Waals surface area contributed by atoms with Gasteiger partial charge in [-0.15, -0.1) is 0 Å². The third-order valence-corrected chi connectivity index (χ3v) is 4.85. The van der Waals surface area contributed by atoms with Crippen LogP contribution in [0.25, 0.3) is 0 Å². The molecule has 0 radical (unpaired) electrons. The van der Waals surface area contributed by atoms with Crippen molar-refractivity contribution in [3.8, 4) is 5.75 Å². The molecule has 0 spiro atoms. The number of hydrogen-bond donors (Lipinski definition) is 0. The summed E-state index contributed by atoms with van der Waals surface area (Å²) in [6.45, 7) is 4.39. The Morgan fingerprint density at radius 2 is 2.04 bits per heavy atom. The highest BCUT2D eigenvalue weighted by atomic mass is 32.2. The van der Waals surface area contributed by atoms with Crippen LogP contribution in [0.15, 0.2) is 40.4 Å². The Morgan fingerprint density at radius 3 is 2.73 bits per heavy atom. The molecule has 3 rings (SSSR count). The summed E-state index contributed by atoms with van der Waals surface area (Å²) < 4.78 is 12.0. The number of rotatable bonds is 6. The van der Waals surface area contributed by atoms with Crippen LogP contribution in [0.1, 0.15) is 34.6 Å². The highest BCUT2D eigenvalue weighted by molar-refractivity contribution is 7.99. The number of thioether (sulfide) groups is 1. The Balaban J connectivity index is 1.71. The zero-order chi connectivity index (χ0) is 18.7. The van der Waals surface area contributed by atoms with E-state index in [0.717, 1.165) is 5.75 Å². The van der Waals surface area contributed by atoms with Gasteiger partial charge in [0.25, 0.3) is 5.56 Å². The Bertz CT molecular complexity index is 891. The van der Waals surface area contributed by atoms with E-state index in [1.165, 1.54) is 29.4 Å². The first-order valence-electron chi connectivity index (χ1n) is 8.22. The number of nitrogens with zero attached hydrogens (tertiary/aromatic N) is 2. The number of esters is 1. The number of fused-ring (bicyclic) bond motifs is 1. The van der Waals surface area contributed by atoms with Crippen molar-refractivity contribution in [3.63, 3.8) is 0 Å². The molecule has 1 aromatic carbocycles. The van der Waals surface area contributed by atoms with Crippen molar-refractivity contribution in [1.29, 1.82) is 0 Å². The molecule has 0 saturated heterocycles. The van der Waals surface area contributed by atoms with E-state index in [1.807, 2.05) is 6.92 Å². The first-order chi connectivity index (χ1) is 12.5. The van der Waals surface area contributed by atoms with Crippen LogP contribution in [0.5, 0.6) is 5.75 Å². The normalized spacial score (nSPS) is 13.8. The van der Waals surface area contributed by atoms with Gasteiger partial charge in [-0.2, -0.15) is 0 Å². The predicted molar refractivity (Wildman–Crippen MR) is 96.0 cm³/mol. The fraction of sp³-hybridized carbons (Fsp3) is 0.333. The minimum absolute atomic E-state index is 0.164. The molecule has 1 atom stereocenters. The molecule has 2 heterocycles. The highest BCUT2D eigenvalue weighted by Crippen LogP contribution is 2.21. The zero-order valence-corrected chi connectivity index (χ0v) is 15.2. The SMILES string of the molecule is CCOc1ccc(C(=O)C(C)OC(=O)c2cnc3n(c2=O)CCS3)cc1. The van der Waals surface area contributed by atoms with Crippen molar-refractivity contribution in [3.05, 3.63) is 51.9 Å². The molecular formula is C18H18N2O5S. The molecule has 1 aliphatic heterocycles. The van der Waals surface area contributed by atoms with Crippen LogP contribution in [-0.4, -0.2) is 39.8 Å². The van der Waals surface area contributed by atoms with Crippen LogP contribution in [0, 0.1) is 0 Å². The van der Waals surface area contributed by atoms with Crippen molar-refractivity contribution < 1.29 is 19.1 Å². The maximum Gasteiger partial charge on any atom is 0.346 e. The lowest BCUT2D eigenvalue weighted by Crippen LogP contribution is -2.31. The molecule has 0 bridgehead atoms. The number of aromatic nitrogens is 2. The van der Waals surface area contributed by atoms with Crippen LogP contribution in [0.4, 0.5) is 0 Å². The molecule has 1 aromatic heterocycles. The predicted octanol–water partition coefficient (Wildman–Crippen LogP) is 2.18. The minimum atomic E-state index is -1.02. The second kappa shape index (κ2) is 7.74. The molecule has 0 aliphatic carbocycles. The van der Waals surface area contributed by atoms with Crippen LogP contribution in [0.2, 0.25) is 0 Å². The summed E-state index contributed by atoms with van der Waals surface area (Å²) in [5.41, 5.74) is -0.206. The van der Waals surface area contributed by atoms with Gasteiger partial charge < -0.3 is 9.47 Å². The number of Topliss-reactive ketones (excluding diaryl/α,β-unsaturated/α-hetero) is 1. The molecule has 0 fully saturated rings. The van der Waals surface area contributed by atoms with E-state index in [1.54, 1.807) is 24.3 Å². The van der Waals surface area contributed by atoms with Gasteiger partial charge in [0.1, 0.15) is 11.3 Å². The second-order valence-corrected chi connectivity index (χ2v) is 6.69. The van der Waals surface area contributed by atoms with Crippen LogP contribution in [-0.2, 0) is 11.3 Å². The first kappa shape index (κ1) is 18.2. The summed E-state index contributed by atoms with van der Waals surface area (Å²) in [5.74, 6) is 0.198. The quantitative estimate of drug-likeness (QED) is 0.435. The Morgan fingerprint density at radius 1 is 1.31 bits per heavy atom. The molecule has 136 valence electrons. The summed E-state index contributed by atoms with van der Waals surface area (Å²) in [7, 11) is 0. The Hall–Kier alpha value is -2.61. The largest absolute Gasteiger partial charge is 0.494 e. The standard InChI is InChI=1S/C18H18N2O5S/c1-3-24-13-6-4-12(5-7-13)15(21)11(2)25-17(23)14-10-19-18-20(16(14)22)8-9-26-18/h4-7,10-11H,3,8-9H2,1-2H3. The van der Waals surface area contributed by atoms with Gasteiger partial charge in [-0.3, -0.25) is 14.2 Å². The first-order valence-corrected chi connectivity index (χ1v) is 9.20. The minimum Gasteiger partial charge on any atom is -0.494 e. The van der Waals surface area contributed by atoms with E-state index < -0.39 is 17.6 Å². The number of ketones is 1. The molecule has 8 heteroatoms. The fourth-order valence-corrected chi connectivity index (χ4v) is 3.47. The van der Waals surface area contributed by atoms with Gasteiger partial charge in [0.05, 0.1) is 12.8 Å². The average Bonchev–Trinajstić information content (AvgIpc) is 3.12. The van der Waals surface area contributed by atoms with Gasteiger partial charge in [-0.1, -0.05) is 11.8 Å². The van der Waals surface area contributed by atoms with Gasteiger partial charge in [0, 0.05) is 17.9 Å². The number of benzene rings is 1. The molecule has 7 nitrogen and oxygen atoms in total. The molecular weight excluding hydrogens is 356 g/mol. The van der Waals surface area contributed by atoms with E-state index in [-0.39, 0.29) is 11.3 Å². The van der Waals surface area contributed by atoms with Crippen LogP contribution >= 0.6 is 11.8 Å². The lowest BCUT2D eigenvalue weighted by molar-refractivity contribution is 0.0315. The molecule has 1 aliphatic rings. The Kier molecular flexibility index (Phi) is 5.41. The zero-order valence-electron chi connectivity index (χ0n) is 14.4. The topological polar surface area (TPSA) is 87.5 Å². The van der Waals surface area contributed by atoms with Crippen molar-refractivity contribution >= 4 is 23.5 Å². The maximum atomic E-state index is 12.4. The van der Waals surface area contributed by atoms with Crippen LogP contribution < -0.4 is 10.3 Å². The summed E-state index contributed by atoms with van der Waals surface area (Å²) in [6, 6.07) is 6.58. The number of carbonyl (C=O) groups excluding carboxylic acids is 2. The lowest BCUT2D eigenvalue weighted by Gasteiger charge is -2.13. The number of hydrogen-bond acceptors (Lipinski definition) is 7. The van der Waals surface area contributed by atoms with Crippen molar-refractivity contribution in [2.45, 2.75) is 31.7 Å². The molecule has 2 aromatic rings. The number of ether oxygens (including phenoxy) is 2. The van der Waals surface area contributed by atoms with E-state index in [0.29, 0.717) is 29.6 Å². The monoisotopic (exact) mass is 374 g/mol. The van der Waals surface area contributed by atoms with Crippen molar-refractivity contribution in [2.24, 2.45) is 0 Å². The van der Waals surface area contributed by atoms with Gasteiger partial charge in [-0.05, 0) is 38.1 Å². The maximum absolute atomic E-state index is 12.4. The van der Waals surface area contributed by atoms with Crippen LogP contribution in [0.3, 0.4) is 0 Å². The summed E-state index contributed by atoms with van der Waals surface area (Å²) in [5, 5.41) is 0.588. The van der Waals surface area contributed by atoms with E-state index in [2.05, 4.69) is 4.98 Å². The lowest BCUT2D eigenvalue weighted by atomic mass is 10.1. The Labute approximate surface area is 154 Å². The third kappa shape index (κ3) is 3.65. The summed E-state index contributed by atoms with van der Waals surface area (Å²) in [6.07, 6.45) is 0.190. The van der Waals surface area contributed by atoms with Gasteiger partial charge >= 0.3 is 5.97 Å². The molecule has 26 heavy (non-hydrogen) atoms. The summed E-state index contributed by atoms with van der Waals surface area (Å²) in [4.78, 5) is 41.2. The molecule has 0 amide bonds. The van der Waals surface area contributed by atoms with Gasteiger partial charge in [0.2, 0.25) is 5.78 Å².